The zero-order chi connectivity index (χ0) is 38.2. The van der Waals surface area contributed by atoms with E-state index in [0.29, 0.717) is 12.8 Å². The lowest BCUT2D eigenvalue weighted by atomic mass is 9.79. The van der Waals surface area contributed by atoms with Gasteiger partial charge in [0.2, 0.25) is 23.6 Å². The Balaban J connectivity index is 1.63. The highest BCUT2D eigenvalue weighted by Gasteiger charge is 2.45. The molecule has 1 aliphatic heterocycles. The van der Waals surface area contributed by atoms with Gasteiger partial charge in [-0.3, -0.25) is 19.2 Å². The van der Waals surface area contributed by atoms with Gasteiger partial charge in [0.25, 0.3) is 0 Å². The number of amides is 4. The van der Waals surface area contributed by atoms with Gasteiger partial charge in [0, 0.05) is 17.1 Å². The summed E-state index contributed by atoms with van der Waals surface area (Å²) < 4.78 is 0. The molecule has 11 nitrogen and oxygen atoms in total. The van der Waals surface area contributed by atoms with Crippen LogP contribution in [0.3, 0.4) is 0 Å². The molecular formula is C41H56N6O5. The van der Waals surface area contributed by atoms with E-state index in [-0.39, 0.29) is 38.1 Å². The molecule has 1 heterocycles. The molecule has 3 aromatic carbocycles. The van der Waals surface area contributed by atoms with Crippen molar-refractivity contribution in [3.05, 3.63) is 108 Å². The van der Waals surface area contributed by atoms with Crippen molar-refractivity contribution in [2.24, 2.45) is 5.73 Å². The van der Waals surface area contributed by atoms with Crippen molar-refractivity contribution in [3.8, 4) is 0 Å². The molecule has 4 amide bonds. The van der Waals surface area contributed by atoms with E-state index >= 15 is 0 Å². The molecule has 4 rings (SSSR count). The van der Waals surface area contributed by atoms with Gasteiger partial charge >= 0.3 is 0 Å². The molecule has 1 saturated heterocycles. The fourth-order valence-corrected chi connectivity index (χ4v) is 7.45. The number of nitrogens with one attached hydrogen (secondary N) is 1. The third-order valence-electron chi connectivity index (χ3n) is 10.3. The van der Waals surface area contributed by atoms with Gasteiger partial charge in [-0.1, -0.05) is 91.0 Å². The van der Waals surface area contributed by atoms with Crippen LogP contribution in [0.15, 0.2) is 91.0 Å². The smallest absolute Gasteiger partial charge is 0.243 e. The summed E-state index contributed by atoms with van der Waals surface area (Å²) in [6, 6.07) is 26.8. The van der Waals surface area contributed by atoms with Gasteiger partial charge < -0.3 is 31.0 Å². The molecule has 0 aromatic heterocycles. The monoisotopic (exact) mass is 712 g/mol. The molecule has 0 bridgehead atoms. The van der Waals surface area contributed by atoms with Crippen molar-refractivity contribution in [1.29, 1.82) is 0 Å². The third-order valence-corrected chi connectivity index (χ3v) is 10.3. The van der Waals surface area contributed by atoms with E-state index in [0.717, 1.165) is 16.7 Å². The number of hydrogen-bond donors (Lipinski definition) is 3. The number of carbonyl (C=O) groups excluding carboxylic acids is 4. The van der Waals surface area contributed by atoms with Crippen LogP contribution < -0.4 is 11.1 Å². The lowest BCUT2D eigenvalue weighted by Gasteiger charge is -2.51. The second-order valence-corrected chi connectivity index (χ2v) is 15.2. The van der Waals surface area contributed by atoms with E-state index in [2.05, 4.69) is 5.32 Å². The summed E-state index contributed by atoms with van der Waals surface area (Å²) in [6.45, 7) is 12.5. The van der Waals surface area contributed by atoms with Crippen molar-refractivity contribution < 1.29 is 24.4 Å². The van der Waals surface area contributed by atoms with Crippen molar-refractivity contribution >= 4 is 23.6 Å². The van der Waals surface area contributed by atoms with Gasteiger partial charge in [-0.05, 0) is 78.0 Å². The SMILES string of the molecule is C[C@@H](c1ccccc1)N(CC(N)=O)C(=O)CN(C(=O)CN(C(=O)CNC1CC(C)(C)N(O)C(C)(C)C1)[C@@H](C)c1ccccc1)[C@@H](C)c1ccccc1. The van der Waals surface area contributed by atoms with E-state index in [1.165, 1.54) is 14.9 Å². The number of hydrogen-bond acceptors (Lipinski definition) is 7. The maximum absolute atomic E-state index is 14.6. The van der Waals surface area contributed by atoms with Crippen molar-refractivity contribution in [2.75, 3.05) is 26.2 Å². The largest absolute Gasteiger partial charge is 0.368 e. The van der Waals surface area contributed by atoms with E-state index in [4.69, 9.17) is 5.73 Å². The molecule has 52 heavy (non-hydrogen) atoms. The van der Waals surface area contributed by atoms with Gasteiger partial charge in [-0.2, -0.15) is 5.06 Å². The Morgan fingerprint density at radius 2 is 0.981 bits per heavy atom. The van der Waals surface area contributed by atoms with Crippen LogP contribution in [0.5, 0.6) is 0 Å². The van der Waals surface area contributed by atoms with Crippen LogP contribution in [0.25, 0.3) is 0 Å². The molecule has 280 valence electrons. The summed E-state index contributed by atoms with van der Waals surface area (Å²) in [6.07, 6.45) is 1.25. The molecule has 1 fully saturated rings. The Morgan fingerprint density at radius 1 is 0.654 bits per heavy atom. The predicted molar refractivity (Wildman–Crippen MR) is 202 cm³/mol. The summed E-state index contributed by atoms with van der Waals surface area (Å²) in [5, 5.41) is 15.6. The summed E-state index contributed by atoms with van der Waals surface area (Å²) >= 11 is 0. The Morgan fingerprint density at radius 3 is 1.33 bits per heavy atom. The molecule has 0 aliphatic carbocycles. The molecule has 3 aromatic rings. The maximum atomic E-state index is 14.6. The summed E-state index contributed by atoms with van der Waals surface area (Å²) in [5.74, 6) is -1.79. The van der Waals surface area contributed by atoms with Crippen molar-refractivity contribution in [2.45, 2.75) is 96.6 Å². The second-order valence-electron chi connectivity index (χ2n) is 15.2. The van der Waals surface area contributed by atoms with Gasteiger partial charge in [0.05, 0.1) is 31.2 Å². The van der Waals surface area contributed by atoms with Gasteiger partial charge in [-0.25, -0.2) is 0 Å². The second kappa shape index (κ2) is 17.3. The lowest BCUT2D eigenvalue weighted by molar-refractivity contribution is -0.246. The van der Waals surface area contributed by atoms with Gasteiger partial charge in [0.1, 0.15) is 13.1 Å². The van der Waals surface area contributed by atoms with Crippen LogP contribution >= 0.6 is 0 Å². The minimum Gasteiger partial charge on any atom is -0.368 e. The first kappa shape index (κ1) is 40.2. The molecule has 0 spiro atoms. The number of nitrogens with zero attached hydrogens (tertiary/aromatic N) is 4. The highest BCUT2D eigenvalue weighted by atomic mass is 16.5. The summed E-state index contributed by atoms with van der Waals surface area (Å²) in [5.41, 5.74) is 7.11. The molecule has 11 heteroatoms. The topological polar surface area (TPSA) is 140 Å². The number of hydroxylamine groups is 2. The molecule has 4 N–H and O–H groups in total. The molecule has 0 unspecified atom stereocenters. The first-order valence-corrected chi connectivity index (χ1v) is 18.1. The number of piperidine rings is 1. The Kier molecular flexibility index (Phi) is 13.4. The highest BCUT2D eigenvalue weighted by Crippen LogP contribution is 2.36. The minimum absolute atomic E-state index is 0.0130. The summed E-state index contributed by atoms with van der Waals surface area (Å²) in [4.78, 5) is 59.5. The molecule has 1 aliphatic rings. The third kappa shape index (κ3) is 10.1. The first-order valence-electron chi connectivity index (χ1n) is 18.1. The van der Waals surface area contributed by atoms with Crippen molar-refractivity contribution in [1.82, 2.24) is 25.1 Å². The van der Waals surface area contributed by atoms with Gasteiger partial charge in [-0.15, -0.1) is 0 Å². The standard InChI is InChI=1S/C41H56N6O5/c1-29(32-17-11-8-12-18-32)44(26-36(42)48)38(50)28-46(31(3)34-21-15-10-16-22-34)39(51)27-45(30(2)33-19-13-9-14-20-33)37(49)25-43-35-23-40(4,5)47(52)41(6,7)24-35/h8-22,29-31,35,43,52H,23-28H2,1-7H3,(H2,42,48)/t29-,30-,31-/m0/s1. The number of carbonyl (C=O) groups is 4. The number of benzene rings is 3. The molecule has 0 saturated carbocycles. The Labute approximate surface area is 308 Å². The summed E-state index contributed by atoms with van der Waals surface area (Å²) in [7, 11) is 0. The van der Waals surface area contributed by atoms with Crippen LogP contribution in [0.4, 0.5) is 0 Å². The lowest BCUT2D eigenvalue weighted by Crippen LogP contribution is -2.63. The van der Waals surface area contributed by atoms with E-state index < -0.39 is 46.9 Å². The number of nitrogens with two attached hydrogens (primary N) is 1. The molecule has 0 radical (unpaired) electrons. The minimum atomic E-state index is -0.664. The molecule has 3 atom stereocenters. The van der Waals surface area contributed by atoms with E-state index in [1.54, 1.807) is 4.90 Å². The Bertz CT molecular complexity index is 1630. The van der Waals surface area contributed by atoms with Crippen molar-refractivity contribution in [3.63, 3.8) is 0 Å². The fraction of sp³-hybridized carbons (Fsp3) is 0.463. The van der Waals surface area contributed by atoms with Crippen LogP contribution in [-0.2, 0) is 19.2 Å². The van der Waals surface area contributed by atoms with E-state index in [9.17, 15) is 24.4 Å². The average Bonchev–Trinajstić information content (AvgIpc) is 3.12. The predicted octanol–water partition coefficient (Wildman–Crippen LogP) is 5.24. The fourth-order valence-electron chi connectivity index (χ4n) is 7.45. The zero-order valence-corrected chi connectivity index (χ0v) is 31.7. The first-order chi connectivity index (χ1) is 24.5. The average molecular weight is 713 g/mol. The maximum Gasteiger partial charge on any atom is 0.243 e. The van der Waals surface area contributed by atoms with Crippen LogP contribution in [0.1, 0.15) is 96.1 Å². The number of rotatable bonds is 15. The van der Waals surface area contributed by atoms with Crippen LogP contribution in [0, 0.1) is 0 Å². The van der Waals surface area contributed by atoms with E-state index in [1.807, 2.05) is 139 Å². The van der Waals surface area contributed by atoms with Gasteiger partial charge in [0.15, 0.2) is 0 Å². The zero-order valence-electron chi connectivity index (χ0n) is 31.7. The Hall–Kier alpha value is -4.58. The quantitative estimate of drug-likeness (QED) is 0.196. The normalized spacial score (nSPS) is 17.4. The highest BCUT2D eigenvalue weighted by molar-refractivity contribution is 5.91. The molecular weight excluding hydrogens is 656 g/mol. The number of primary amides is 1. The van der Waals surface area contributed by atoms with Crippen LogP contribution in [-0.4, -0.2) is 91.9 Å². The van der Waals surface area contributed by atoms with Crippen LogP contribution in [0.2, 0.25) is 0 Å².